The number of aliphatic imine (C=N–C) groups is 1. The molecule has 1 atom stereocenters. The van der Waals surface area contributed by atoms with E-state index in [-0.39, 0.29) is 5.54 Å². The van der Waals surface area contributed by atoms with E-state index >= 15 is 0 Å². The first-order valence-electron chi connectivity index (χ1n) is 5.70. The minimum atomic E-state index is 0.0868. The molecular weight excluding hydrogens is 246 g/mol. The first kappa shape index (κ1) is 12.8. The van der Waals surface area contributed by atoms with Gasteiger partial charge in [-0.1, -0.05) is 36.4 Å². The minimum Gasteiger partial charge on any atom is -0.270 e. The molecule has 0 saturated heterocycles. The highest BCUT2D eigenvalue weighted by Gasteiger charge is 2.30. The molecule has 1 nitrogen and oxygen atoms in total. The molecule has 1 heterocycles. The summed E-state index contributed by atoms with van der Waals surface area (Å²) in [5.74, 6) is 3.17. The highest BCUT2D eigenvalue weighted by molar-refractivity contribution is 8.14. The molecule has 1 aliphatic rings. The fourth-order valence-electron chi connectivity index (χ4n) is 1.70. The number of rotatable bonds is 5. The third-order valence-corrected chi connectivity index (χ3v) is 5.22. The van der Waals surface area contributed by atoms with Crippen LogP contribution in [0, 0.1) is 0 Å². The molecule has 0 aliphatic carbocycles. The van der Waals surface area contributed by atoms with Crippen molar-refractivity contribution in [3.63, 3.8) is 0 Å². The molecule has 1 aromatic carbocycles. The summed E-state index contributed by atoms with van der Waals surface area (Å²) >= 11 is 3.78. The van der Waals surface area contributed by atoms with Gasteiger partial charge in [0.2, 0.25) is 0 Å². The van der Waals surface area contributed by atoms with Gasteiger partial charge in [-0.15, -0.1) is 18.3 Å². The van der Waals surface area contributed by atoms with Crippen LogP contribution in [-0.4, -0.2) is 27.8 Å². The lowest BCUT2D eigenvalue weighted by Gasteiger charge is -2.18. The number of thioether (sulfide) groups is 2. The molecule has 1 unspecified atom stereocenters. The zero-order valence-corrected chi connectivity index (χ0v) is 11.7. The van der Waals surface area contributed by atoms with Crippen molar-refractivity contribution < 1.29 is 0 Å². The molecule has 2 rings (SSSR count). The lowest BCUT2D eigenvalue weighted by atomic mass is 10.1. The highest BCUT2D eigenvalue weighted by Crippen LogP contribution is 2.33. The van der Waals surface area contributed by atoms with Gasteiger partial charge in [-0.05, 0) is 6.92 Å². The summed E-state index contributed by atoms with van der Waals surface area (Å²) in [7, 11) is 0. The molecule has 0 bridgehead atoms. The maximum absolute atomic E-state index is 4.89. The molecule has 0 N–H and O–H groups in total. The van der Waals surface area contributed by atoms with Gasteiger partial charge in [0.25, 0.3) is 0 Å². The number of hydrogen-bond acceptors (Lipinski definition) is 3. The molecule has 0 fully saturated rings. The van der Waals surface area contributed by atoms with Crippen molar-refractivity contribution in [1.29, 1.82) is 0 Å². The lowest BCUT2D eigenvalue weighted by molar-refractivity contribution is 0.617. The Kier molecular flexibility index (Phi) is 4.35. The van der Waals surface area contributed by atoms with Crippen molar-refractivity contribution in [1.82, 2.24) is 0 Å². The smallest absolute Gasteiger partial charge is 0.0985 e. The van der Waals surface area contributed by atoms with Crippen molar-refractivity contribution in [2.45, 2.75) is 12.5 Å². The van der Waals surface area contributed by atoms with Crippen LogP contribution >= 0.6 is 23.5 Å². The van der Waals surface area contributed by atoms with Crippen molar-refractivity contribution in [3.8, 4) is 0 Å². The summed E-state index contributed by atoms with van der Waals surface area (Å²) in [6.07, 6.45) is 1.96. The highest BCUT2D eigenvalue weighted by atomic mass is 32.2. The summed E-state index contributed by atoms with van der Waals surface area (Å²) in [6.45, 7) is 5.99. The summed E-state index contributed by atoms with van der Waals surface area (Å²) < 4.78 is 0. The van der Waals surface area contributed by atoms with Crippen LogP contribution in [0.5, 0.6) is 0 Å². The first-order valence-corrected chi connectivity index (χ1v) is 7.84. The monoisotopic (exact) mass is 263 g/mol. The SMILES string of the molecule is C=CCSCC1(C)CSC(c2ccccc2)=N1. The standard InChI is InChI=1S/C14H17NS2/c1-3-9-16-10-14(2)11-17-13(15-14)12-7-5-4-6-8-12/h3-8H,1,9-11H2,2H3. The molecule has 0 spiro atoms. The second-order valence-corrected chi connectivity index (χ2v) is 6.37. The van der Waals surface area contributed by atoms with E-state index in [0.29, 0.717) is 0 Å². The van der Waals surface area contributed by atoms with Crippen LogP contribution in [0.2, 0.25) is 0 Å². The Morgan fingerprint density at radius 3 is 2.94 bits per heavy atom. The van der Waals surface area contributed by atoms with Crippen LogP contribution in [0.4, 0.5) is 0 Å². The molecular formula is C14H17NS2. The normalized spacial score (nSPS) is 23.5. The summed E-state index contributed by atoms with van der Waals surface area (Å²) in [4.78, 5) is 4.89. The Hall–Kier alpha value is -0.670. The molecule has 0 amide bonds. The van der Waals surface area contributed by atoms with Crippen molar-refractivity contribution in [2.75, 3.05) is 17.3 Å². The Morgan fingerprint density at radius 2 is 2.24 bits per heavy atom. The Balaban J connectivity index is 2.05. The molecule has 17 heavy (non-hydrogen) atoms. The fraction of sp³-hybridized carbons (Fsp3) is 0.357. The topological polar surface area (TPSA) is 12.4 Å². The minimum absolute atomic E-state index is 0.0868. The average Bonchev–Trinajstić information content (AvgIpc) is 2.74. The van der Waals surface area contributed by atoms with E-state index in [0.717, 1.165) is 17.3 Å². The number of benzene rings is 1. The predicted molar refractivity (Wildman–Crippen MR) is 81.4 cm³/mol. The van der Waals surface area contributed by atoms with Gasteiger partial charge in [-0.2, -0.15) is 11.8 Å². The zero-order chi connectivity index (χ0) is 12.1. The van der Waals surface area contributed by atoms with Crippen LogP contribution < -0.4 is 0 Å². The van der Waals surface area contributed by atoms with Gasteiger partial charge in [0.05, 0.1) is 10.6 Å². The predicted octanol–water partition coefficient (Wildman–Crippen LogP) is 3.86. The average molecular weight is 263 g/mol. The summed E-state index contributed by atoms with van der Waals surface area (Å²) in [5.41, 5.74) is 1.33. The van der Waals surface area contributed by atoms with E-state index in [1.165, 1.54) is 10.6 Å². The maximum Gasteiger partial charge on any atom is 0.0985 e. The second kappa shape index (κ2) is 5.78. The first-order chi connectivity index (χ1) is 8.23. The molecule has 1 aromatic rings. The molecule has 0 saturated carbocycles. The van der Waals surface area contributed by atoms with Gasteiger partial charge >= 0.3 is 0 Å². The number of hydrogen-bond donors (Lipinski definition) is 0. The molecule has 90 valence electrons. The summed E-state index contributed by atoms with van der Waals surface area (Å²) in [6, 6.07) is 10.5. The van der Waals surface area contributed by atoms with Gasteiger partial charge in [0.1, 0.15) is 0 Å². The summed E-state index contributed by atoms with van der Waals surface area (Å²) in [5, 5.41) is 1.19. The van der Waals surface area contributed by atoms with Gasteiger partial charge in [0.15, 0.2) is 0 Å². The Bertz CT molecular complexity index is 413. The van der Waals surface area contributed by atoms with E-state index in [1.807, 2.05) is 35.7 Å². The van der Waals surface area contributed by atoms with E-state index in [1.54, 1.807) is 0 Å². The van der Waals surface area contributed by atoms with Crippen LogP contribution in [0.3, 0.4) is 0 Å². The number of nitrogens with zero attached hydrogens (tertiary/aromatic N) is 1. The van der Waals surface area contributed by atoms with Crippen molar-refractivity contribution in [2.24, 2.45) is 4.99 Å². The largest absolute Gasteiger partial charge is 0.270 e. The molecule has 1 aliphatic heterocycles. The fourth-order valence-corrected chi connectivity index (χ4v) is 3.92. The van der Waals surface area contributed by atoms with Crippen molar-refractivity contribution >= 4 is 28.6 Å². The van der Waals surface area contributed by atoms with Crippen LogP contribution in [0.15, 0.2) is 48.0 Å². The third-order valence-electron chi connectivity index (χ3n) is 2.56. The molecule has 0 radical (unpaired) electrons. The van der Waals surface area contributed by atoms with Crippen LogP contribution in [-0.2, 0) is 0 Å². The second-order valence-electron chi connectivity index (χ2n) is 4.37. The zero-order valence-electron chi connectivity index (χ0n) is 10.1. The van der Waals surface area contributed by atoms with Crippen molar-refractivity contribution in [3.05, 3.63) is 48.6 Å². The molecule has 0 aromatic heterocycles. The van der Waals surface area contributed by atoms with E-state index in [9.17, 15) is 0 Å². The van der Waals surface area contributed by atoms with Crippen LogP contribution in [0.1, 0.15) is 12.5 Å². The van der Waals surface area contributed by atoms with E-state index in [4.69, 9.17) is 4.99 Å². The van der Waals surface area contributed by atoms with E-state index < -0.39 is 0 Å². The van der Waals surface area contributed by atoms with Gasteiger partial charge in [-0.3, -0.25) is 4.99 Å². The third kappa shape index (κ3) is 3.39. The quantitative estimate of drug-likeness (QED) is 0.591. The lowest BCUT2D eigenvalue weighted by Crippen LogP contribution is -2.25. The van der Waals surface area contributed by atoms with E-state index in [2.05, 4.69) is 37.8 Å². The molecule has 3 heteroatoms. The van der Waals surface area contributed by atoms with Gasteiger partial charge in [-0.25, -0.2) is 0 Å². The van der Waals surface area contributed by atoms with Gasteiger partial charge < -0.3 is 0 Å². The maximum atomic E-state index is 4.89. The Morgan fingerprint density at radius 1 is 1.47 bits per heavy atom. The Labute approximate surface area is 112 Å². The van der Waals surface area contributed by atoms with Crippen LogP contribution in [0.25, 0.3) is 0 Å². The van der Waals surface area contributed by atoms with Gasteiger partial charge in [0, 0.05) is 22.8 Å².